The Balaban J connectivity index is 1.89. The predicted molar refractivity (Wildman–Crippen MR) is 75.8 cm³/mol. The second-order valence-electron chi connectivity index (χ2n) is 4.50. The number of nitrogens with one attached hydrogen (secondary N) is 1. The summed E-state index contributed by atoms with van der Waals surface area (Å²) in [4.78, 5) is 15.1. The molecule has 1 saturated heterocycles. The number of carbonyl (C=O) groups is 1. The molecule has 2 amide bonds. The van der Waals surface area contributed by atoms with Gasteiger partial charge in [-0.2, -0.15) is 0 Å². The number of ether oxygens (including phenoxy) is 1. The highest BCUT2D eigenvalue weighted by Crippen LogP contribution is 2.22. The fraction of sp³-hybridized carbons (Fsp3) is 0.583. The van der Waals surface area contributed by atoms with E-state index in [0.29, 0.717) is 19.7 Å². The number of urea groups is 1. The minimum Gasteiger partial charge on any atom is -0.375 e. The van der Waals surface area contributed by atoms with Crippen molar-refractivity contribution in [1.29, 1.82) is 0 Å². The smallest absolute Gasteiger partial charge is 0.318 e. The summed E-state index contributed by atoms with van der Waals surface area (Å²) in [5, 5.41) is 4.96. The average Bonchev–Trinajstić information content (AvgIpc) is 2.75. The molecule has 100 valence electrons. The number of thiophene rings is 1. The van der Waals surface area contributed by atoms with Crippen molar-refractivity contribution in [1.82, 2.24) is 10.2 Å². The van der Waals surface area contributed by atoms with Crippen molar-refractivity contribution in [3.05, 3.63) is 20.8 Å². The zero-order valence-corrected chi connectivity index (χ0v) is 12.9. The van der Waals surface area contributed by atoms with Gasteiger partial charge >= 0.3 is 6.03 Å². The second-order valence-corrected chi connectivity index (χ2v) is 6.35. The van der Waals surface area contributed by atoms with Crippen molar-refractivity contribution in [3.8, 4) is 0 Å². The largest absolute Gasteiger partial charge is 0.375 e. The van der Waals surface area contributed by atoms with E-state index >= 15 is 0 Å². The lowest BCUT2D eigenvalue weighted by atomic mass is 10.2. The summed E-state index contributed by atoms with van der Waals surface area (Å²) >= 11 is 5.09. The van der Waals surface area contributed by atoms with Crippen molar-refractivity contribution in [2.24, 2.45) is 0 Å². The minimum atomic E-state index is -0.0158. The lowest BCUT2D eigenvalue weighted by Gasteiger charge is -2.36. The van der Waals surface area contributed by atoms with Crippen molar-refractivity contribution in [2.75, 3.05) is 13.2 Å². The van der Waals surface area contributed by atoms with E-state index in [2.05, 4.69) is 21.2 Å². The van der Waals surface area contributed by atoms with E-state index in [1.54, 1.807) is 11.3 Å². The SMILES string of the molecule is C[C@@H]1CN(C(=O)NCc2sccc2Br)[C@H](C)CO1. The number of hydrogen-bond donors (Lipinski definition) is 1. The molecule has 6 heteroatoms. The number of hydrogen-bond acceptors (Lipinski definition) is 3. The number of rotatable bonds is 2. The second kappa shape index (κ2) is 6.04. The normalized spacial score (nSPS) is 24.1. The maximum absolute atomic E-state index is 12.1. The number of halogens is 1. The van der Waals surface area contributed by atoms with Crippen molar-refractivity contribution < 1.29 is 9.53 Å². The van der Waals surface area contributed by atoms with Gasteiger partial charge < -0.3 is 15.0 Å². The van der Waals surface area contributed by atoms with Crippen LogP contribution in [0.3, 0.4) is 0 Å². The van der Waals surface area contributed by atoms with E-state index < -0.39 is 0 Å². The van der Waals surface area contributed by atoms with E-state index in [-0.39, 0.29) is 18.2 Å². The van der Waals surface area contributed by atoms with Gasteiger partial charge in [-0.15, -0.1) is 11.3 Å². The predicted octanol–water partition coefficient (Wildman–Crippen LogP) is 2.83. The standard InChI is InChI=1S/C12H17BrN2O2S/c1-8-7-17-9(2)6-15(8)12(16)14-5-11-10(13)3-4-18-11/h3-4,8-9H,5-7H2,1-2H3,(H,14,16)/t8-,9-/m1/s1. The third-order valence-corrected chi connectivity index (χ3v) is 4.89. The van der Waals surface area contributed by atoms with E-state index in [0.717, 1.165) is 9.35 Å². The Morgan fingerprint density at radius 1 is 1.67 bits per heavy atom. The number of morpholine rings is 1. The maximum atomic E-state index is 12.1. The Morgan fingerprint density at radius 3 is 3.11 bits per heavy atom. The van der Waals surface area contributed by atoms with Gasteiger partial charge in [-0.1, -0.05) is 0 Å². The third kappa shape index (κ3) is 3.24. The molecule has 0 saturated carbocycles. The van der Waals surface area contributed by atoms with Gasteiger partial charge in [0.15, 0.2) is 0 Å². The van der Waals surface area contributed by atoms with E-state index in [4.69, 9.17) is 4.74 Å². The molecule has 1 N–H and O–H groups in total. The van der Waals surface area contributed by atoms with E-state index in [1.807, 2.05) is 30.2 Å². The van der Waals surface area contributed by atoms with Crippen molar-refractivity contribution in [2.45, 2.75) is 32.5 Å². The van der Waals surface area contributed by atoms with Crippen LogP contribution in [0.25, 0.3) is 0 Å². The van der Waals surface area contributed by atoms with Gasteiger partial charge in [0.05, 0.1) is 25.3 Å². The molecule has 1 aliphatic heterocycles. The quantitative estimate of drug-likeness (QED) is 0.904. The van der Waals surface area contributed by atoms with Gasteiger partial charge in [0.25, 0.3) is 0 Å². The highest BCUT2D eigenvalue weighted by atomic mass is 79.9. The fourth-order valence-corrected chi connectivity index (χ4v) is 3.33. The Kier molecular flexibility index (Phi) is 4.64. The highest BCUT2D eigenvalue weighted by molar-refractivity contribution is 9.10. The van der Waals surface area contributed by atoms with Crippen LogP contribution in [0.5, 0.6) is 0 Å². The molecule has 2 heterocycles. The highest BCUT2D eigenvalue weighted by Gasteiger charge is 2.27. The van der Waals surface area contributed by atoms with Crippen molar-refractivity contribution in [3.63, 3.8) is 0 Å². The summed E-state index contributed by atoms with van der Waals surface area (Å²) in [6.45, 7) is 5.82. The maximum Gasteiger partial charge on any atom is 0.318 e. The molecular weight excluding hydrogens is 316 g/mol. The van der Waals surface area contributed by atoms with Crippen LogP contribution in [0.2, 0.25) is 0 Å². The Hall–Kier alpha value is -0.590. The molecule has 0 bridgehead atoms. The van der Waals surface area contributed by atoms with Crippen LogP contribution in [0.1, 0.15) is 18.7 Å². The summed E-state index contributed by atoms with van der Waals surface area (Å²) < 4.78 is 6.56. The van der Waals surface area contributed by atoms with E-state index in [1.165, 1.54) is 0 Å². The van der Waals surface area contributed by atoms with Gasteiger partial charge in [0, 0.05) is 15.9 Å². The Morgan fingerprint density at radius 2 is 2.44 bits per heavy atom. The molecule has 1 aromatic heterocycles. The summed E-state index contributed by atoms with van der Waals surface area (Å²) in [5.41, 5.74) is 0. The third-order valence-electron chi connectivity index (χ3n) is 2.96. The molecule has 4 nitrogen and oxygen atoms in total. The Bertz CT molecular complexity index is 424. The van der Waals surface area contributed by atoms with Crippen LogP contribution < -0.4 is 5.32 Å². The van der Waals surface area contributed by atoms with Crippen LogP contribution in [-0.2, 0) is 11.3 Å². The average molecular weight is 333 g/mol. The molecule has 1 fully saturated rings. The molecule has 0 unspecified atom stereocenters. The molecular formula is C12H17BrN2O2S. The number of nitrogens with zero attached hydrogens (tertiary/aromatic N) is 1. The molecule has 2 rings (SSSR count). The molecule has 2 atom stereocenters. The van der Waals surface area contributed by atoms with Gasteiger partial charge in [0.1, 0.15) is 0 Å². The molecule has 1 aromatic rings. The van der Waals surface area contributed by atoms with Crippen molar-refractivity contribution >= 4 is 33.3 Å². The first-order valence-corrected chi connectivity index (χ1v) is 7.63. The van der Waals surface area contributed by atoms with Crippen LogP contribution in [0, 0.1) is 0 Å². The molecule has 0 aliphatic carbocycles. The summed E-state index contributed by atoms with van der Waals surface area (Å²) in [6, 6.07) is 2.11. The molecule has 0 radical (unpaired) electrons. The number of carbonyl (C=O) groups excluding carboxylic acids is 1. The van der Waals surface area contributed by atoms with Crippen LogP contribution >= 0.6 is 27.3 Å². The zero-order valence-electron chi connectivity index (χ0n) is 10.5. The first-order chi connectivity index (χ1) is 8.58. The van der Waals surface area contributed by atoms with Crippen LogP contribution in [-0.4, -0.2) is 36.2 Å². The van der Waals surface area contributed by atoms with Gasteiger partial charge in [0.2, 0.25) is 0 Å². The molecule has 0 spiro atoms. The molecule has 0 aromatic carbocycles. The van der Waals surface area contributed by atoms with Gasteiger partial charge in [-0.05, 0) is 41.2 Å². The fourth-order valence-electron chi connectivity index (χ4n) is 1.89. The molecule has 18 heavy (non-hydrogen) atoms. The summed E-state index contributed by atoms with van der Waals surface area (Å²) in [5.74, 6) is 0. The van der Waals surface area contributed by atoms with Crippen LogP contribution in [0.4, 0.5) is 4.79 Å². The lowest BCUT2D eigenvalue weighted by molar-refractivity contribution is -0.0318. The number of amides is 2. The minimum absolute atomic E-state index is 0.0158. The summed E-state index contributed by atoms with van der Waals surface area (Å²) in [6.07, 6.45) is 0.112. The molecule has 1 aliphatic rings. The summed E-state index contributed by atoms with van der Waals surface area (Å²) in [7, 11) is 0. The monoisotopic (exact) mass is 332 g/mol. The Labute approximate surface area is 119 Å². The van der Waals surface area contributed by atoms with Crippen LogP contribution in [0.15, 0.2) is 15.9 Å². The zero-order chi connectivity index (χ0) is 13.1. The van der Waals surface area contributed by atoms with Gasteiger partial charge in [-0.3, -0.25) is 0 Å². The van der Waals surface area contributed by atoms with E-state index in [9.17, 15) is 4.79 Å². The first kappa shape index (κ1) is 13.8. The first-order valence-electron chi connectivity index (χ1n) is 5.96. The topological polar surface area (TPSA) is 41.6 Å². The van der Waals surface area contributed by atoms with Gasteiger partial charge in [-0.25, -0.2) is 4.79 Å². The lowest BCUT2D eigenvalue weighted by Crippen LogP contribution is -2.53.